The van der Waals surface area contributed by atoms with Gasteiger partial charge in [-0.05, 0) is 37.5 Å². The molecule has 1 aromatic heterocycles. The van der Waals surface area contributed by atoms with Crippen molar-refractivity contribution < 1.29 is 23.6 Å². The van der Waals surface area contributed by atoms with Gasteiger partial charge in [0.15, 0.2) is 6.61 Å². The molecule has 0 saturated heterocycles. The van der Waals surface area contributed by atoms with Crippen molar-refractivity contribution in [1.82, 2.24) is 5.16 Å². The highest BCUT2D eigenvalue weighted by atomic mass is 16.6. The van der Waals surface area contributed by atoms with Crippen LogP contribution in [0, 0.1) is 24.7 Å². The summed E-state index contributed by atoms with van der Waals surface area (Å²) in [4.78, 5) is 24.0. The third kappa shape index (κ3) is 4.27. The average Bonchev–Trinajstić information content (AvgIpc) is 2.83. The van der Waals surface area contributed by atoms with Crippen LogP contribution in [0.3, 0.4) is 0 Å². The predicted molar refractivity (Wildman–Crippen MR) is 87.2 cm³/mol. The van der Waals surface area contributed by atoms with E-state index in [1.807, 2.05) is 0 Å². The Morgan fingerprint density at radius 3 is 2.67 bits per heavy atom. The lowest BCUT2D eigenvalue weighted by Gasteiger charge is -2.36. The predicted octanol–water partition coefficient (Wildman–Crippen LogP) is 2.73. The number of hydrogen-bond donors (Lipinski definition) is 1. The zero-order valence-electron chi connectivity index (χ0n) is 14.7. The summed E-state index contributed by atoms with van der Waals surface area (Å²) < 4.78 is 15.3. The normalized spacial score (nSPS) is 24.0. The molecule has 0 radical (unpaired) electrons. The first-order valence-electron chi connectivity index (χ1n) is 8.38. The first kappa shape index (κ1) is 18.3. The third-order valence-corrected chi connectivity index (χ3v) is 4.66. The largest absolute Gasteiger partial charge is 0.460 e. The van der Waals surface area contributed by atoms with Gasteiger partial charge in [-0.2, -0.15) is 0 Å². The van der Waals surface area contributed by atoms with E-state index in [1.165, 1.54) is 0 Å². The molecule has 0 spiro atoms. The molecule has 1 heterocycles. The van der Waals surface area contributed by atoms with Gasteiger partial charge in [-0.3, -0.25) is 0 Å². The van der Waals surface area contributed by atoms with Gasteiger partial charge in [0.1, 0.15) is 11.7 Å². The van der Waals surface area contributed by atoms with E-state index in [-0.39, 0.29) is 17.6 Å². The molecule has 0 bridgehead atoms. The Morgan fingerprint density at radius 1 is 1.38 bits per heavy atom. The summed E-state index contributed by atoms with van der Waals surface area (Å²) in [6, 6.07) is 0. The van der Waals surface area contributed by atoms with Crippen LogP contribution in [-0.4, -0.2) is 29.8 Å². The van der Waals surface area contributed by atoms with Crippen molar-refractivity contribution in [2.75, 3.05) is 12.3 Å². The zero-order chi connectivity index (χ0) is 17.9. The SMILES string of the molecule is Cc1noc(N)c1C(=O)OCC(=O)OC1CC(C)CCC1C(C)C. The van der Waals surface area contributed by atoms with Crippen molar-refractivity contribution in [2.24, 2.45) is 17.8 Å². The van der Waals surface area contributed by atoms with E-state index in [2.05, 4.69) is 25.9 Å². The van der Waals surface area contributed by atoms with Crippen LogP contribution in [0.15, 0.2) is 4.52 Å². The minimum atomic E-state index is -0.736. The summed E-state index contributed by atoms with van der Waals surface area (Å²) in [5, 5.41) is 3.58. The molecule has 7 heteroatoms. The number of rotatable bonds is 5. The number of esters is 2. The minimum Gasteiger partial charge on any atom is -0.460 e. The lowest BCUT2D eigenvalue weighted by atomic mass is 9.75. The molecule has 1 aliphatic carbocycles. The van der Waals surface area contributed by atoms with Crippen molar-refractivity contribution in [3.8, 4) is 0 Å². The van der Waals surface area contributed by atoms with E-state index < -0.39 is 18.5 Å². The fourth-order valence-electron chi connectivity index (χ4n) is 3.29. The number of nitrogens with zero attached hydrogens (tertiary/aromatic N) is 1. The number of hydrogen-bond acceptors (Lipinski definition) is 7. The van der Waals surface area contributed by atoms with Crippen LogP contribution < -0.4 is 5.73 Å². The molecular weight excluding hydrogens is 312 g/mol. The Kier molecular flexibility index (Phi) is 5.85. The third-order valence-electron chi connectivity index (χ3n) is 4.66. The molecule has 0 amide bonds. The average molecular weight is 338 g/mol. The number of aryl methyl sites for hydroxylation is 1. The molecule has 24 heavy (non-hydrogen) atoms. The molecule has 1 aliphatic rings. The maximum absolute atomic E-state index is 12.1. The lowest BCUT2D eigenvalue weighted by Crippen LogP contribution is -2.36. The Labute approximate surface area is 141 Å². The molecule has 0 aliphatic heterocycles. The second-order valence-corrected chi connectivity index (χ2v) is 6.94. The first-order chi connectivity index (χ1) is 11.3. The molecule has 134 valence electrons. The number of nitrogens with two attached hydrogens (primary N) is 1. The smallest absolute Gasteiger partial charge is 0.346 e. The molecule has 2 N–H and O–H groups in total. The van der Waals surface area contributed by atoms with Crippen LogP contribution in [0.25, 0.3) is 0 Å². The van der Waals surface area contributed by atoms with Gasteiger partial charge >= 0.3 is 11.9 Å². The van der Waals surface area contributed by atoms with Crippen LogP contribution in [0.2, 0.25) is 0 Å². The quantitative estimate of drug-likeness (QED) is 0.823. The van der Waals surface area contributed by atoms with Crippen LogP contribution in [0.1, 0.15) is 56.1 Å². The summed E-state index contributed by atoms with van der Waals surface area (Å²) in [7, 11) is 0. The number of carbonyl (C=O) groups is 2. The fourth-order valence-corrected chi connectivity index (χ4v) is 3.29. The molecule has 1 fully saturated rings. The number of aromatic nitrogens is 1. The number of ether oxygens (including phenoxy) is 2. The molecule has 2 rings (SSSR count). The maximum Gasteiger partial charge on any atom is 0.346 e. The van der Waals surface area contributed by atoms with Gasteiger partial charge in [0.05, 0.1) is 5.69 Å². The van der Waals surface area contributed by atoms with Crippen LogP contribution in [-0.2, 0) is 14.3 Å². The van der Waals surface area contributed by atoms with Crippen molar-refractivity contribution in [2.45, 2.75) is 53.1 Å². The standard InChI is InChI=1S/C17H26N2O5/c1-9(2)12-6-5-10(3)7-13(12)23-14(20)8-22-17(21)15-11(4)19-24-16(15)18/h9-10,12-13H,5-8,18H2,1-4H3. The van der Waals surface area contributed by atoms with Crippen molar-refractivity contribution in [3.05, 3.63) is 11.3 Å². The Hall–Kier alpha value is -2.05. The van der Waals surface area contributed by atoms with Gasteiger partial charge < -0.3 is 19.7 Å². The highest BCUT2D eigenvalue weighted by molar-refractivity contribution is 5.95. The zero-order valence-corrected chi connectivity index (χ0v) is 14.7. The lowest BCUT2D eigenvalue weighted by molar-refractivity contribution is -0.159. The fraction of sp³-hybridized carbons (Fsp3) is 0.706. The van der Waals surface area contributed by atoms with Crippen LogP contribution in [0.5, 0.6) is 0 Å². The topological polar surface area (TPSA) is 105 Å². The number of carbonyl (C=O) groups excluding carboxylic acids is 2. The summed E-state index contributed by atoms with van der Waals surface area (Å²) in [6.45, 7) is 7.57. The Bertz CT molecular complexity index is 576. The van der Waals surface area contributed by atoms with Gasteiger partial charge in [-0.1, -0.05) is 32.3 Å². The highest BCUT2D eigenvalue weighted by Crippen LogP contribution is 2.35. The van der Waals surface area contributed by atoms with E-state index in [9.17, 15) is 9.59 Å². The molecule has 1 aromatic rings. The second-order valence-electron chi connectivity index (χ2n) is 6.94. The Morgan fingerprint density at radius 2 is 2.08 bits per heavy atom. The van der Waals surface area contributed by atoms with E-state index in [0.29, 0.717) is 23.4 Å². The van der Waals surface area contributed by atoms with Gasteiger partial charge in [-0.25, -0.2) is 9.59 Å². The minimum absolute atomic E-state index is 0.0501. The molecule has 3 unspecified atom stereocenters. The highest BCUT2D eigenvalue weighted by Gasteiger charge is 2.33. The molecule has 0 aromatic carbocycles. The number of nitrogen functional groups attached to an aromatic ring is 1. The molecule has 7 nitrogen and oxygen atoms in total. The van der Waals surface area contributed by atoms with E-state index in [1.54, 1.807) is 6.92 Å². The van der Waals surface area contributed by atoms with Crippen LogP contribution >= 0.6 is 0 Å². The van der Waals surface area contributed by atoms with E-state index >= 15 is 0 Å². The number of anilines is 1. The van der Waals surface area contributed by atoms with E-state index in [0.717, 1.165) is 19.3 Å². The van der Waals surface area contributed by atoms with Crippen molar-refractivity contribution >= 4 is 17.8 Å². The first-order valence-corrected chi connectivity index (χ1v) is 8.38. The summed E-state index contributed by atoms with van der Waals surface area (Å²) in [5.41, 5.74) is 5.89. The summed E-state index contributed by atoms with van der Waals surface area (Å²) in [5.74, 6) is -0.0813. The van der Waals surface area contributed by atoms with Gasteiger partial charge in [0.25, 0.3) is 0 Å². The van der Waals surface area contributed by atoms with Crippen LogP contribution in [0.4, 0.5) is 5.88 Å². The van der Waals surface area contributed by atoms with Crippen molar-refractivity contribution in [1.29, 1.82) is 0 Å². The van der Waals surface area contributed by atoms with E-state index in [4.69, 9.17) is 19.7 Å². The summed E-state index contributed by atoms with van der Waals surface area (Å²) >= 11 is 0. The second kappa shape index (κ2) is 7.68. The monoisotopic (exact) mass is 338 g/mol. The van der Waals surface area contributed by atoms with Crippen molar-refractivity contribution in [3.63, 3.8) is 0 Å². The Balaban J connectivity index is 1.89. The molecule has 3 atom stereocenters. The van der Waals surface area contributed by atoms with Gasteiger partial charge in [0, 0.05) is 0 Å². The molecule has 1 saturated carbocycles. The van der Waals surface area contributed by atoms with Gasteiger partial charge in [0.2, 0.25) is 5.88 Å². The van der Waals surface area contributed by atoms with Gasteiger partial charge in [-0.15, -0.1) is 0 Å². The molecular formula is C17H26N2O5. The summed E-state index contributed by atoms with van der Waals surface area (Å²) in [6.07, 6.45) is 2.92. The maximum atomic E-state index is 12.1.